The fourth-order valence-corrected chi connectivity index (χ4v) is 3.83. The number of thiazole rings is 1. The van der Waals surface area contributed by atoms with Crippen molar-refractivity contribution in [1.82, 2.24) is 10.3 Å². The van der Waals surface area contributed by atoms with E-state index in [-0.39, 0.29) is 6.04 Å². The lowest BCUT2D eigenvalue weighted by Gasteiger charge is -2.22. The highest BCUT2D eigenvalue weighted by atomic mass is 32.1. The van der Waals surface area contributed by atoms with Crippen molar-refractivity contribution in [2.45, 2.75) is 44.8 Å². The summed E-state index contributed by atoms with van der Waals surface area (Å²) in [5, 5.41) is 3.73. The average Bonchev–Trinajstić information content (AvgIpc) is 2.80. The second kappa shape index (κ2) is 6.30. The molecule has 7 heteroatoms. The fourth-order valence-electron chi connectivity index (χ4n) is 2.55. The zero-order valence-electron chi connectivity index (χ0n) is 11.8. The van der Waals surface area contributed by atoms with Crippen molar-refractivity contribution in [3.05, 3.63) is 10.6 Å². The summed E-state index contributed by atoms with van der Waals surface area (Å²) in [5.74, 6) is 0. The third-order valence-electron chi connectivity index (χ3n) is 3.42. The zero-order valence-corrected chi connectivity index (χ0v) is 12.6. The largest absolute Gasteiger partial charge is 0.406 e. The van der Waals surface area contributed by atoms with Crippen LogP contribution in [0.2, 0.25) is 0 Å². The minimum atomic E-state index is -4.19. The molecule has 2 rings (SSSR count). The maximum Gasteiger partial charge on any atom is 0.406 e. The van der Waals surface area contributed by atoms with Gasteiger partial charge in [0.2, 0.25) is 0 Å². The Morgan fingerprint density at radius 3 is 2.80 bits per heavy atom. The SMILES string of the molecule is CCCN(CC(F)(F)F)c1nc2c(s1)C(NC)CCC2. The Hall–Kier alpha value is -0.820. The molecule has 0 bridgehead atoms. The van der Waals surface area contributed by atoms with Gasteiger partial charge in [0.1, 0.15) is 6.54 Å². The summed E-state index contributed by atoms with van der Waals surface area (Å²) >= 11 is 1.41. The normalized spacial score (nSPS) is 18.9. The molecule has 1 aromatic heterocycles. The van der Waals surface area contributed by atoms with E-state index in [1.165, 1.54) is 16.2 Å². The standard InChI is InChI=1S/C13H20F3N3S/c1-3-7-19(8-13(14,15)16)12-18-10-6-4-5-9(17-2)11(10)20-12/h9,17H,3-8H2,1-2H3. The summed E-state index contributed by atoms with van der Waals surface area (Å²) in [4.78, 5) is 6.92. The van der Waals surface area contributed by atoms with Gasteiger partial charge in [0.05, 0.1) is 5.69 Å². The van der Waals surface area contributed by atoms with E-state index in [9.17, 15) is 13.2 Å². The number of fused-ring (bicyclic) bond motifs is 1. The molecule has 0 radical (unpaired) electrons. The molecule has 1 aromatic rings. The van der Waals surface area contributed by atoms with E-state index in [1.807, 2.05) is 14.0 Å². The molecular weight excluding hydrogens is 287 g/mol. The van der Waals surface area contributed by atoms with Crippen LogP contribution in [-0.4, -0.2) is 31.3 Å². The molecule has 114 valence electrons. The van der Waals surface area contributed by atoms with Gasteiger partial charge in [0.25, 0.3) is 0 Å². The monoisotopic (exact) mass is 307 g/mol. The van der Waals surface area contributed by atoms with Crippen molar-refractivity contribution in [3.63, 3.8) is 0 Å². The molecule has 1 atom stereocenters. The number of aryl methyl sites for hydroxylation is 1. The molecule has 0 aromatic carbocycles. The lowest BCUT2D eigenvalue weighted by Crippen LogP contribution is -2.34. The van der Waals surface area contributed by atoms with Gasteiger partial charge < -0.3 is 10.2 Å². The highest BCUT2D eigenvalue weighted by Gasteiger charge is 2.33. The molecule has 1 unspecified atom stereocenters. The molecule has 0 aliphatic heterocycles. The van der Waals surface area contributed by atoms with E-state index in [1.54, 1.807) is 0 Å². The number of nitrogens with zero attached hydrogens (tertiary/aromatic N) is 2. The van der Waals surface area contributed by atoms with Crippen molar-refractivity contribution < 1.29 is 13.2 Å². The van der Waals surface area contributed by atoms with Crippen LogP contribution in [0.5, 0.6) is 0 Å². The van der Waals surface area contributed by atoms with E-state index in [2.05, 4.69) is 10.3 Å². The van der Waals surface area contributed by atoms with Gasteiger partial charge in [-0.1, -0.05) is 18.3 Å². The van der Waals surface area contributed by atoms with Crippen molar-refractivity contribution >= 4 is 16.5 Å². The molecular formula is C13H20F3N3S. The summed E-state index contributed by atoms with van der Waals surface area (Å²) in [6.07, 6.45) is -0.581. The Labute approximate surface area is 121 Å². The van der Waals surface area contributed by atoms with Gasteiger partial charge in [-0.25, -0.2) is 4.98 Å². The maximum absolute atomic E-state index is 12.7. The first-order chi connectivity index (χ1) is 9.44. The summed E-state index contributed by atoms with van der Waals surface area (Å²) in [5.41, 5.74) is 0.971. The van der Waals surface area contributed by atoms with Crippen LogP contribution in [0.25, 0.3) is 0 Å². The van der Waals surface area contributed by atoms with Crippen molar-refractivity contribution in [2.75, 3.05) is 25.0 Å². The van der Waals surface area contributed by atoms with Crippen LogP contribution in [0.3, 0.4) is 0 Å². The maximum atomic E-state index is 12.7. The molecule has 0 saturated carbocycles. The number of alkyl halides is 3. The van der Waals surface area contributed by atoms with Gasteiger partial charge >= 0.3 is 6.18 Å². The summed E-state index contributed by atoms with van der Waals surface area (Å²) in [6.45, 7) is 1.35. The van der Waals surface area contributed by atoms with E-state index in [0.717, 1.165) is 29.8 Å². The van der Waals surface area contributed by atoms with Crippen LogP contribution >= 0.6 is 11.3 Å². The Bertz CT molecular complexity index is 445. The molecule has 0 saturated heterocycles. The van der Waals surface area contributed by atoms with E-state index in [4.69, 9.17) is 0 Å². The molecule has 1 heterocycles. The van der Waals surface area contributed by atoms with Crippen LogP contribution < -0.4 is 10.2 Å². The predicted octanol–water partition coefficient (Wildman–Crippen LogP) is 3.52. The Morgan fingerprint density at radius 1 is 1.45 bits per heavy atom. The van der Waals surface area contributed by atoms with Gasteiger partial charge in [-0.15, -0.1) is 0 Å². The number of aromatic nitrogens is 1. The summed E-state index contributed by atoms with van der Waals surface area (Å²) < 4.78 is 38.0. The lowest BCUT2D eigenvalue weighted by molar-refractivity contribution is -0.119. The van der Waals surface area contributed by atoms with Crippen molar-refractivity contribution in [2.24, 2.45) is 0 Å². The summed E-state index contributed by atoms with van der Waals surface area (Å²) in [6, 6.07) is 0.236. The zero-order chi connectivity index (χ0) is 14.8. The molecule has 1 aliphatic rings. The minimum absolute atomic E-state index is 0.236. The molecule has 3 nitrogen and oxygen atoms in total. The van der Waals surface area contributed by atoms with E-state index < -0.39 is 12.7 Å². The second-order valence-corrected chi connectivity index (χ2v) is 6.09. The van der Waals surface area contributed by atoms with Crippen molar-refractivity contribution in [3.8, 4) is 0 Å². The number of nitrogens with one attached hydrogen (secondary N) is 1. The molecule has 0 spiro atoms. The van der Waals surface area contributed by atoms with Crippen LogP contribution in [-0.2, 0) is 6.42 Å². The number of hydrogen-bond acceptors (Lipinski definition) is 4. The molecule has 0 amide bonds. The van der Waals surface area contributed by atoms with Gasteiger partial charge in [-0.05, 0) is 32.7 Å². The highest BCUT2D eigenvalue weighted by Crippen LogP contribution is 2.38. The van der Waals surface area contributed by atoms with Crippen LogP contribution in [0.4, 0.5) is 18.3 Å². The number of rotatable bonds is 5. The van der Waals surface area contributed by atoms with E-state index in [0.29, 0.717) is 18.1 Å². The van der Waals surface area contributed by atoms with Crippen LogP contribution in [0, 0.1) is 0 Å². The Morgan fingerprint density at radius 2 is 2.20 bits per heavy atom. The van der Waals surface area contributed by atoms with Gasteiger partial charge in [-0.2, -0.15) is 13.2 Å². The summed E-state index contributed by atoms with van der Waals surface area (Å²) in [7, 11) is 1.89. The average molecular weight is 307 g/mol. The Balaban J connectivity index is 2.23. The molecule has 1 aliphatic carbocycles. The first-order valence-corrected chi connectivity index (χ1v) is 7.74. The molecule has 1 N–H and O–H groups in total. The first-order valence-electron chi connectivity index (χ1n) is 6.93. The number of halogens is 3. The fraction of sp³-hybridized carbons (Fsp3) is 0.769. The highest BCUT2D eigenvalue weighted by molar-refractivity contribution is 7.15. The van der Waals surface area contributed by atoms with Crippen molar-refractivity contribution in [1.29, 1.82) is 0 Å². The van der Waals surface area contributed by atoms with Crippen LogP contribution in [0.15, 0.2) is 0 Å². The smallest absolute Gasteiger partial charge is 0.339 e. The first kappa shape index (κ1) is 15.6. The second-order valence-electron chi connectivity index (χ2n) is 5.08. The Kier molecular flexibility index (Phi) is 4.90. The van der Waals surface area contributed by atoms with Gasteiger partial charge in [-0.3, -0.25) is 0 Å². The predicted molar refractivity (Wildman–Crippen MR) is 75.4 cm³/mol. The van der Waals surface area contributed by atoms with E-state index >= 15 is 0 Å². The van der Waals surface area contributed by atoms with Gasteiger partial charge in [0, 0.05) is 17.5 Å². The third-order valence-corrected chi connectivity index (χ3v) is 4.69. The lowest BCUT2D eigenvalue weighted by atomic mass is 9.98. The van der Waals surface area contributed by atoms with Crippen LogP contribution in [0.1, 0.15) is 42.8 Å². The number of anilines is 1. The number of hydrogen-bond donors (Lipinski definition) is 1. The van der Waals surface area contributed by atoms with Gasteiger partial charge in [0.15, 0.2) is 5.13 Å². The topological polar surface area (TPSA) is 28.2 Å². The molecule has 20 heavy (non-hydrogen) atoms. The minimum Gasteiger partial charge on any atom is -0.339 e. The molecule has 0 fully saturated rings. The quantitative estimate of drug-likeness (QED) is 0.902. The third kappa shape index (κ3) is 3.63.